The molecular formula is C11H26N2O. The van der Waals surface area contributed by atoms with Gasteiger partial charge in [0.05, 0.1) is 6.10 Å². The van der Waals surface area contributed by atoms with Gasteiger partial charge in [-0.2, -0.15) is 0 Å². The summed E-state index contributed by atoms with van der Waals surface area (Å²) in [6.45, 7) is 8.47. The minimum atomic E-state index is 0.315. The van der Waals surface area contributed by atoms with E-state index in [1.54, 1.807) is 7.11 Å². The first-order chi connectivity index (χ1) is 6.81. The number of hydrogen-bond donors (Lipinski definition) is 2. The van der Waals surface area contributed by atoms with Crippen LogP contribution in [0.25, 0.3) is 0 Å². The van der Waals surface area contributed by atoms with Crippen molar-refractivity contribution in [3.8, 4) is 0 Å². The predicted molar refractivity (Wildman–Crippen MR) is 61.7 cm³/mol. The number of methoxy groups -OCH3 is 1. The topological polar surface area (TPSA) is 33.3 Å². The highest BCUT2D eigenvalue weighted by Crippen LogP contribution is 1.90. The van der Waals surface area contributed by atoms with Crippen molar-refractivity contribution in [2.24, 2.45) is 0 Å². The van der Waals surface area contributed by atoms with E-state index >= 15 is 0 Å². The molecule has 0 bridgehead atoms. The molecule has 2 N–H and O–H groups in total. The summed E-state index contributed by atoms with van der Waals surface area (Å²) in [4.78, 5) is 0. The molecule has 0 saturated carbocycles. The lowest BCUT2D eigenvalue weighted by Crippen LogP contribution is -2.32. The monoisotopic (exact) mass is 202 g/mol. The molecule has 0 spiro atoms. The Morgan fingerprint density at radius 3 is 2.43 bits per heavy atom. The second-order valence-corrected chi connectivity index (χ2v) is 3.71. The van der Waals surface area contributed by atoms with E-state index in [9.17, 15) is 0 Å². The van der Waals surface area contributed by atoms with Gasteiger partial charge in [-0.3, -0.25) is 0 Å². The summed E-state index contributed by atoms with van der Waals surface area (Å²) >= 11 is 0. The van der Waals surface area contributed by atoms with Crippen LogP contribution in [0.15, 0.2) is 0 Å². The first kappa shape index (κ1) is 13.9. The average Bonchev–Trinajstić information content (AvgIpc) is 2.21. The number of unbranched alkanes of at least 4 members (excludes halogenated alkanes) is 2. The molecule has 0 aliphatic rings. The summed E-state index contributed by atoms with van der Waals surface area (Å²) in [5.74, 6) is 0. The first-order valence-electron chi connectivity index (χ1n) is 5.75. The largest absolute Gasteiger partial charge is 0.380 e. The second kappa shape index (κ2) is 11.0. The van der Waals surface area contributed by atoms with Crippen molar-refractivity contribution in [3.63, 3.8) is 0 Å². The minimum Gasteiger partial charge on any atom is -0.380 e. The van der Waals surface area contributed by atoms with Gasteiger partial charge < -0.3 is 15.4 Å². The van der Waals surface area contributed by atoms with Crippen LogP contribution in [0.3, 0.4) is 0 Å². The average molecular weight is 202 g/mol. The fraction of sp³-hybridized carbons (Fsp3) is 1.00. The Morgan fingerprint density at radius 1 is 1.07 bits per heavy atom. The van der Waals surface area contributed by atoms with Crippen LogP contribution in [0.4, 0.5) is 0 Å². The Morgan fingerprint density at radius 2 is 1.79 bits per heavy atom. The van der Waals surface area contributed by atoms with Crippen molar-refractivity contribution < 1.29 is 4.74 Å². The zero-order valence-electron chi connectivity index (χ0n) is 9.94. The number of rotatable bonds is 10. The van der Waals surface area contributed by atoms with Crippen molar-refractivity contribution in [3.05, 3.63) is 0 Å². The Labute approximate surface area is 88.6 Å². The third-order valence-corrected chi connectivity index (χ3v) is 2.27. The van der Waals surface area contributed by atoms with E-state index in [2.05, 4.69) is 24.5 Å². The normalized spacial score (nSPS) is 13.1. The molecule has 0 rings (SSSR count). The Hall–Kier alpha value is -0.120. The van der Waals surface area contributed by atoms with Crippen LogP contribution in [-0.4, -0.2) is 39.4 Å². The molecule has 0 heterocycles. The molecule has 1 unspecified atom stereocenters. The Balaban J connectivity index is 2.92. The number of nitrogens with one attached hydrogen (secondary N) is 2. The number of ether oxygens (including phenoxy) is 1. The summed E-state index contributed by atoms with van der Waals surface area (Å²) in [6.07, 6.45) is 4.24. The van der Waals surface area contributed by atoms with Gasteiger partial charge >= 0.3 is 0 Å². The summed E-state index contributed by atoms with van der Waals surface area (Å²) < 4.78 is 5.13. The van der Waals surface area contributed by atoms with E-state index in [0.29, 0.717) is 6.10 Å². The number of hydrogen-bond acceptors (Lipinski definition) is 3. The van der Waals surface area contributed by atoms with E-state index in [1.807, 2.05) is 0 Å². The van der Waals surface area contributed by atoms with Crippen LogP contribution in [0.2, 0.25) is 0 Å². The second-order valence-electron chi connectivity index (χ2n) is 3.71. The van der Waals surface area contributed by atoms with Gasteiger partial charge in [-0.1, -0.05) is 19.8 Å². The molecule has 0 aromatic rings. The standard InChI is InChI=1S/C11H26N2O/c1-4-5-6-7-12-8-9-13-10-11(2)14-3/h11-13H,4-10H2,1-3H3. The van der Waals surface area contributed by atoms with Crippen LogP contribution >= 0.6 is 0 Å². The molecule has 0 saturated heterocycles. The molecule has 0 aliphatic heterocycles. The SMILES string of the molecule is CCCCCNCCNCC(C)OC. The Bertz CT molecular complexity index is 109. The van der Waals surface area contributed by atoms with Crippen LogP contribution in [0.1, 0.15) is 33.1 Å². The molecule has 1 atom stereocenters. The van der Waals surface area contributed by atoms with Crippen LogP contribution < -0.4 is 10.6 Å². The van der Waals surface area contributed by atoms with Crippen LogP contribution in [0.5, 0.6) is 0 Å². The summed E-state index contributed by atoms with van der Waals surface area (Å²) in [6, 6.07) is 0. The van der Waals surface area contributed by atoms with E-state index in [1.165, 1.54) is 19.3 Å². The van der Waals surface area contributed by atoms with Gasteiger partial charge in [0.25, 0.3) is 0 Å². The molecule has 86 valence electrons. The molecule has 3 heteroatoms. The van der Waals surface area contributed by atoms with E-state index in [4.69, 9.17) is 4.74 Å². The third-order valence-electron chi connectivity index (χ3n) is 2.27. The molecule has 0 radical (unpaired) electrons. The quantitative estimate of drug-likeness (QED) is 0.525. The highest BCUT2D eigenvalue weighted by atomic mass is 16.5. The highest BCUT2D eigenvalue weighted by molar-refractivity contribution is 4.56. The zero-order valence-corrected chi connectivity index (χ0v) is 9.94. The van der Waals surface area contributed by atoms with E-state index < -0.39 is 0 Å². The van der Waals surface area contributed by atoms with Gasteiger partial charge in [-0.05, 0) is 19.9 Å². The first-order valence-corrected chi connectivity index (χ1v) is 5.75. The van der Waals surface area contributed by atoms with Gasteiger partial charge in [0.15, 0.2) is 0 Å². The lowest BCUT2D eigenvalue weighted by Gasteiger charge is -2.10. The fourth-order valence-corrected chi connectivity index (χ4v) is 1.19. The molecule has 3 nitrogen and oxygen atoms in total. The Kier molecular flexibility index (Phi) is 10.9. The van der Waals surface area contributed by atoms with Crippen molar-refractivity contribution >= 4 is 0 Å². The van der Waals surface area contributed by atoms with E-state index in [-0.39, 0.29) is 0 Å². The fourth-order valence-electron chi connectivity index (χ4n) is 1.19. The van der Waals surface area contributed by atoms with Crippen LogP contribution in [0, 0.1) is 0 Å². The van der Waals surface area contributed by atoms with Crippen molar-refractivity contribution in [2.45, 2.75) is 39.2 Å². The predicted octanol–water partition coefficient (Wildman–Crippen LogP) is 1.39. The summed E-state index contributed by atoms with van der Waals surface area (Å²) in [5.41, 5.74) is 0. The lowest BCUT2D eigenvalue weighted by molar-refractivity contribution is 0.117. The van der Waals surface area contributed by atoms with Gasteiger partial charge in [-0.15, -0.1) is 0 Å². The molecule has 14 heavy (non-hydrogen) atoms. The molecule has 0 fully saturated rings. The maximum atomic E-state index is 5.13. The lowest BCUT2D eigenvalue weighted by atomic mass is 10.2. The highest BCUT2D eigenvalue weighted by Gasteiger charge is 1.96. The smallest absolute Gasteiger partial charge is 0.0667 e. The van der Waals surface area contributed by atoms with Gasteiger partial charge in [0, 0.05) is 26.7 Å². The zero-order chi connectivity index (χ0) is 10.6. The molecular weight excluding hydrogens is 176 g/mol. The van der Waals surface area contributed by atoms with Gasteiger partial charge in [0.1, 0.15) is 0 Å². The molecule has 0 aromatic heterocycles. The van der Waals surface area contributed by atoms with Crippen molar-refractivity contribution in [1.29, 1.82) is 0 Å². The summed E-state index contributed by atoms with van der Waals surface area (Å²) in [5, 5.41) is 6.75. The van der Waals surface area contributed by atoms with Crippen LogP contribution in [-0.2, 0) is 4.74 Å². The molecule has 0 aliphatic carbocycles. The molecule has 0 amide bonds. The van der Waals surface area contributed by atoms with Crippen molar-refractivity contribution in [1.82, 2.24) is 10.6 Å². The van der Waals surface area contributed by atoms with Crippen molar-refractivity contribution in [2.75, 3.05) is 33.3 Å². The maximum absolute atomic E-state index is 5.13. The van der Waals surface area contributed by atoms with Gasteiger partial charge in [-0.25, -0.2) is 0 Å². The van der Waals surface area contributed by atoms with Gasteiger partial charge in [0.2, 0.25) is 0 Å². The third kappa shape index (κ3) is 9.96. The maximum Gasteiger partial charge on any atom is 0.0667 e. The minimum absolute atomic E-state index is 0.315. The van der Waals surface area contributed by atoms with E-state index in [0.717, 1.165) is 26.2 Å². The molecule has 0 aromatic carbocycles. The summed E-state index contributed by atoms with van der Waals surface area (Å²) in [7, 11) is 1.75.